The lowest BCUT2D eigenvalue weighted by Gasteiger charge is -2.45. The van der Waals surface area contributed by atoms with Gasteiger partial charge in [-0.2, -0.15) is 0 Å². The van der Waals surface area contributed by atoms with Gasteiger partial charge in [0.15, 0.2) is 11.2 Å². The second-order valence-electron chi connectivity index (χ2n) is 29.9. The van der Waals surface area contributed by atoms with Gasteiger partial charge in [-0.05, 0) is 174 Å². The highest BCUT2D eigenvalue weighted by Crippen LogP contribution is 2.54. The fourth-order valence-corrected chi connectivity index (χ4v) is 15.7. The number of fused-ring (bicyclic) bond motifs is 13. The molecule has 0 amide bonds. The molecule has 5 nitrogen and oxygen atoms in total. The molecule has 0 saturated carbocycles. The van der Waals surface area contributed by atoms with E-state index in [1.54, 1.807) is 12.1 Å². The highest BCUT2D eigenvalue weighted by molar-refractivity contribution is 7.00. The second kappa shape index (κ2) is 22.8. The van der Waals surface area contributed by atoms with Crippen LogP contribution in [0.1, 0.15) is 104 Å². The Balaban J connectivity index is 1.01. The number of rotatable bonds is 8. The minimum atomic E-state index is -0.916. The summed E-state index contributed by atoms with van der Waals surface area (Å²) in [5.74, 6) is 0. The molecule has 490 valence electrons. The van der Waals surface area contributed by atoms with Gasteiger partial charge in [0.1, 0.15) is 0 Å². The number of para-hydroxylation sites is 4. The Bertz CT molecular complexity index is 7150. The molecule has 5 heterocycles. The second-order valence-corrected chi connectivity index (χ2v) is 29.9. The summed E-state index contributed by atoms with van der Waals surface area (Å²) in [6.45, 7) is 18.8. The Morgan fingerprint density at radius 3 is 1.32 bits per heavy atom. The van der Waals surface area contributed by atoms with Gasteiger partial charge < -0.3 is 23.4 Å². The summed E-state index contributed by atoms with van der Waals surface area (Å²) in [5, 5.41) is 3.28. The molecular formula is C96H77BN4O. The Labute approximate surface area is 622 Å². The highest BCUT2D eigenvalue weighted by atomic mass is 16.3. The van der Waals surface area contributed by atoms with Gasteiger partial charge in [0.05, 0.1) is 63.8 Å². The molecule has 0 aliphatic carbocycles. The summed E-state index contributed by atoms with van der Waals surface area (Å²) < 4.78 is 181. The van der Waals surface area contributed by atoms with Crippen molar-refractivity contribution < 1.29 is 29.1 Å². The highest BCUT2D eigenvalue weighted by Gasteiger charge is 2.46. The van der Waals surface area contributed by atoms with Crippen molar-refractivity contribution in [2.75, 3.05) is 9.80 Å². The van der Waals surface area contributed by atoms with Crippen molar-refractivity contribution in [3.05, 3.63) is 320 Å². The van der Waals surface area contributed by atoms with Gasteiger partial charge in [0.25, 0.3) is 6.71 Å². The third-order valence-electron chi connectivity index (χ3n) is 20.8. The average molecular weight is 1330 g/mol. The average Bonchev–Trinajstić information content (AvgIpc) is 1.07. The maximum atomic E-state index is 10.0. The Kier molecular flexibility index (Phi) is 10.1. The lowest BCUT2D eigenvalue weighted by atomic mass is 9.33. The molecule has 0 saturated heterocycles. The standard InChI is InChI=1S/C96H77BN4O/c1-94(2,3)66-45-50-82-76(55-66)77-56-67(95(4,5)6)46-51-83(77)99(82)84-42-26-38-72-73-39-27-43-85(93(73)102-92(72)84)100-87-59-69(98-80-40-24-22-36-70(80)71-37-23-25-41-81(71)98)47-49-79(87)97-78-48-44-64(60-28-14-10-15-29-60)52-86(78)101(89-54-65(53-88(100)90(89)97)61-30-16-11-17-31-61)91-74(62-32-18-12-19-33-62)57-68(96(7,8)9)58-75(91)63-34-20-13-21-35-63/h10-59H,1-9H3/i10D,11D,14D,15D,16D,17D,22D,23D,24D,25D,28D,29D,30D,31D,36D,37D,40D,41D. The van der Waals surface area contributed by atoms with Crippen LogP contribution in [0.3, 0.4) is 0 Å². The molecule has 6 heteroatoms. The largest absolute Gasteiger partial charge is 0.452 e. The lowest BCUT2D eigenvalue weighted by molar-refractivity contribution is 0.590. The van der Waals surface area contributed by atoms with Crippen molar-refractivity contribution in [1.82, 2.24) is 9.13 Å². The van der Waals surface area contributed by atoms with Gasteiger partial charge in [-0.1, -0.05) is 274 Å². The van der Waals surface area contributed by atoms with E-state index in [0.717, 1.165) is 71.8 Å². The monoisotopic (exact) mass is 1330 g/mol. The molecule has 102 heavy (non-hydrogen) atoms. The molecule has 0 spiro atoms. The molecule has 14 aromatic carbocycles. The summed E-state index contributed by atoms with van der Waals surface area (Å²) in [6.07, 6.45) is 0. The minimum Gasteiger partial charge on any atom is -0.452 e. The number of nitrogens with zero attached hydrogens (tertiary/aromatic N) is 4. The molecule has 0 bridgehead atoms. The molecule has 2 aliphatic heterocycles. The summed E-state index contributed by atoms with van der Waals surface area (Å²) in [4.78, 5) is 4.13. The first-order valence-electron chi connectivity index (χ1n) is 43.5. The smallest absolute Gasteiger partial charge is 0.252 e. The Hall–Kier alpha value is -11.9. The van der Waals surface area contributed by atoms with Crippen molar-refractivity contribution >= 4 is 123 Å². The zero-order valence-electron chi connectivity index (χ0n) is 75.7. The summed E-state index contributed by atoms with van der Waals surface area (Å²) >= 11 is 0. The van der Waals surface area contributed by atoms with Gasteiger partial charge in [-0.3, -0.25) is 0 Å². The van der Waals surface area contributed by atoms with E-state index < -0.39 is 121 Å². The molecule has 2 aliphatic rings. The predicted octanol–water partition coefficient (Wildman–Crippen LogP) is 24.4. The van der Waals surface area contributed by atoms with E-state index >= 15 is 0 Å². The van der Waals surface area contributed by atoms with E-state index in [4.69, 9.17) is 12.6 Å². The van der Waals surface area contributed by atoms with Crippen LogP contribution in [0, 0.1) is 0 Å². The first kappa shape index (κ1) is 45.0. The van der Waals surface area contributed by atoms with Crippen LogP contribution in [0.15, 0.2) is 307 Å². The lowest BCUT2D eigenvalue weighted by Crippen LogP contribution is -2.61. The van der Waals surface area contributed by atoms with E-state index in [0.29, 0.717) is 67.1 Å². The molecule has 0 radical (unpaired) electrons. The van der Waals surface area contributed by atoms with Gasteiger partial charge in [0, 0.05) is 71.9 Å². The molecule has 3 aromatic heterocycles. The van der Waals surface area contributed by atoms with Crippen LogP contribution < -0.4 is 26.2 Å². The van der Waals surface area contributed by atoms with Crippen molar-refractivity contribution in [2.24, 2.45) is 0 Å². The molecule has 17 aromatic rings. The van der Waals surface area contributed by atoms with E-state index in [1.807, 2.05) is 132 Å². The van der Waals surface area contributed by atoms with Crippen LogP contribution in [-0.4, -0.2) is 15.8 Å². The fraction of sp³-hybridized carbons (Fsp3) is 0.125. The summed E-state index contributed by atoms with van der Waals surface area (Å²) in [7, 11) is 0. The number of hydrogen-bond donors (Lipinski definition) is 0. The third-order valence-corrected chi connectivity index (χ3v) is 20.8. The van der Waals surface area contributed by atoms with Crippen LogP contribution in [0.25, 0.3) is 121 Å². The maximum Gasteiger partial charge on any atom is 0.252 e. The van der Waals surface area contributed by atoms with E-state index in [-0.39, 0.29) is 60.6 Å². The first-order valence-corrected chi connectivity index (χ1v) is 34.5. The number of furan rings is 1. The van der Waals surface area contributed by atoms with Crippen LogP contribution in [0.2, 0.25) is 0 Å². The van der Waals surface area contributed by atoms with Crippen LogP contribution >= 0.6 is 0 Å². The van der Waals surface area contributed by atoms with E-state index in [2.05, 4.69) is 126 Å². The third kappa shape index (κ3) is 9.59. The molecule has 0 unspecified atom stereocenters. The topological polar surface area (TPSA) is 29.5 Å². The van der Waals surface area contributed by atoms with Gasteiger partial charge in [-0.25, -0.2) is 0 Å². The van der Waals surface area contributed by atoms with Gasteiger partial charge in [0.2, 0.25) is 0 Å². The number of anilines is 6. The van der Waals surface area contributed by atoms with Crippen LogP contribution in [0.5, 0.6) is 0 Å². The normalized spacial score (nSPS) is 15.6. The number of hydrogen-bond acceptors (Lipinski definition) is 3. The first-order chi connectivity index (χ1) is 57.0. The van der Waals surface area contributed by atoms with E-state index in [9.17, 15) is 16.4 Å². The van der Waals surface area contributed by atoms with Crippen molar-refractivity contribution in [3.8, 4) is 55.9 Å². The SMILES string of the molecule is [2H]c1c([2H])c([2H])c(-c2ccc3c(c2)N(c2c(-c4ccccc4)cc(C(C)(C)C)cc2-c2ccccc2)c2cc(-c4c([2H])c([2H])c([2H])c([2H])c4[2H])cc4c2B3c2ccc(-n3c5c([2H])c([2H])c([2H])c([2H])c5c5c([2H])c([2H])c([2H])c([2H])c53)cc2N4c2cccc3c2oc2c(-n4c5ccc(C(C)(C)C)cc5c5cc(C(C)(C)C)ccc54)cccc23)c([2H])c1[2H]. The zero-order valence-corrected chi connectivity index (χ0v) is 57.7. The van der Waals surface area contributed by atoms with E-state index in [1.165, 1.54) is 4.57 Å². The summed E-state index contributed by atoms with van der Waals surface area (Å²) in [5.41, 5.74) is 13.8. The molecule has 0 N–H and O–H groups in total. The van der Waals surface area contributed by atoms with Crippen LogP contribution in [-0.2, 0) is 16.2 Å². The van der Waals surface area contributed by atoms with Gasteiger partial charge in [-0.15, -0.1) is 0 Å². The predicted molar refractivity (Wildman–Crippen MR) is 434 cm³/mol. The van der Waals surface area contributed by atoms with Gasteiger partial charge >= 0.3 is 0 Å². The van der Waals surface area contributed by atoms with Crippen molar-refractivity contribution in [3.63, 3.8) is 0 Å². The Morgan fingerprint density at radius 1 is 0.304 bits per heavy atom. The Morgan fingerprint density at radius 2 is 0.775 bits per heavy atom. The molecule has 0 atom stereocenters. The van der Waals surface area contributed by atoms with Crippen molar-refractivity contribution in [1.29, 1.82) is 0 Å². The van der Waals surface area contributed by atoms with Crippen molar-refractivity contribution in [2.45, 2.75) is 78.6 Å². The minimum absolute atomic E-state index is 0.0793. The molecule has 0 fully saturated rings. The van der Waals surface area contributed by atoms with Crippen LogP contribution in [0.4, 0.5) is 34.1 Å². The summed E-state index contributed by atoms with van der Waals surface area (Å²) in [6, 6.07) is 54.2. The fourth-order valence-electron chi connectivity index (χ4n) is 15.7. The zero-order chi connectivity index (χ0) is 84.7. The number of aromatic nitrogens is 2. The maximum absolute atomic E-state index is 10.0. The molecule has 19 rings (SSSR count). The molecular weight excluding hydrogens is 1240 g/mol. The number of benzene rings is 14. The quantitative estimate of drug-likeness (QED) is 0.142.